The van der Waals surface area contributed by atoms with E-state index in [1.807, 2.05) is 14.0 Å². The SMILES string of the molecule is CNCc1nc(C)cc(-c2ccc3c(c2)CCCC3)n1. The van der Waals surface area contributed by atoms with Gasteiger partial charge >= 0.3 is 0 Å². The average molecular weight is 267 g/mol. The first-order valence-corrected chi connectivity index (χ1v) is 7.37. The predicted molar refractivity (Wildman–Crippen MR) is 81.6 cm³/mol. The van der Waals surface area contributed by atoms with Crippen molar-refractivity contribution in [3.8, 4) is 11.3 Å². The van der Waals surface area contributed by atoms with Crippen LogP contribution in [-0.4, -0.2) is 17.0 Å². The zero-order valence-corrected chi connectivity index (χ0v) is 12.2. The molecule has 0 saturated carbocycles. The molecule has 3 nitrogen and oxygen atoms in total. The molecule has 0 radical (unpaired) electrons. The molecule has 1 heterocycles. The first-order chi connectivity index (χ1) is 9.76. The number of rotatable bonds is 3. The van der Waals surface area contributed by atoms with Crippen LogP contribution >= 0.6 is 0 Å². The van der Waals surface area contributed by atoms with E-state index >= 15 is 0 Å². The van der Waals surface area contributed by atoms with Crippen molar-refractivity contribution in [2.24, 2.45) is 0 Å². The third kappa shape index (κ3) is 2.73. The summed E-state index contributed by atoms with van der Waals surface area (Å²) in [5, 5.41) is 3.11. The lowest BCUT2D eigenvalue weighted by atomic mass is 9.90. The standard InChI is InChI=1S/C17H21N3/c1-12-9-16(20-17(19-12)11-18-2)15-8-7-13-5-3-4-6-14(13)10-15/h7-10,18H,3-6,11H2,1-2H3. The van der Waals surface area contributed by atoms with E-state index in [-0.39, 0.29) is 0 Å². The minimum Gasteiger partial charge on any atom is -0.313 e. The first-order valence-electron chi connectivity index (χ1n) is 7.37. The van der Waals surface area contributed by atoms with Crippen molar-refractivity contribution in [3.63, 3.8) is 0 Å². The molecule has 0 bridgehead atoms. The highest BCUT2D eigenvalue weighted by Gasteiger charge is 2.11. The molecule has 3 heteroatoms. The molecule has 0 saturated heterocycles. The van der Waals surface area contributed by atoms with Crippen LogP contribution in [0.25, 0.3) is 11.3 Å². The zero-order chi connectivity index (χ0) is 13.9. The lowest BCUT2D eigenvalue weighted by Gasteiger charge is -2.16. The number of benzene rings is 1. The van der Waals surface area contributed by atoms with Crippen molar-refractivity contribution >= 4 is 0 Å². The second-order valence-corrected chi connectivity index (χ2v) is 5.53. The summed E-state index contributed by atoms with van der Waals surface area (Å²) in [7, 11) is 1.92. The van der Waals surface area contributed by atoms with Crippen LogP contribution in [0.4, 0.5) is 0 Å². The van der Waals surface area contributed by atoms with E-state index in [0.29, 0.717) is 6.54 Å². The van der Waals surface area contributed by atoms with E-state index in [4.69, 9.17) is 0 Å². The van der Waals surface area contributed by atoms with Crippen molar-refractivity contribution in [2.75, 3.05) is 7.05 Å². The Morgan fingerprint density at radius 2 is 1.85 bits per heavy atom. The molecule has 2 aromatic rings. The van der Waals surface area contributed by atoms with Crippen molar-refractivity contribution in [3.05, 3.63) is 46.9 Å². The van der Waals surface area contributed by atoms with Gasteiger partial charge in [-0.3, -0.25) is 0 Å². The fourth-order valence-corrected chi connectivity index (χ4v) is 2.91. The van der Waals surface area contributed by atoms with Crippen LogP contribution in [0, 0.1) is 6.92 Å². The van der Waals surface area contributed by atoms with Gasteiger partial charge in [0.15, 0.2) is 0 Å². The molecule has 0 aliphatic heterocycles. The Labute approximate surface area is 120 Å². The second-order valence-electron chi connectivity index (χ2n) is 5.53. The summed E-state index contributed by atoms with van der Waals surface area (Å²) in [6, 6.07) is 8.87. The number of nitrogens with one attached hydrogen (secondary N) is 1. The zero-order valence-electron chi connectivity index (χ0n) is 12.2. The Hall–Kier alpha value is -1.74. The fraction of sp³-hybridized carbons (Fsp3) is 0.412. The molecular formula is C17H21N3. The Kier molecular flexibility index (Phi) is 3.79. The first kappa shape index (κ1) is 13.3. The maximum atomic E-state index is 4.67. The molecule has 0 atom stereocenters. The average Bonchev–Trinajstić information content (AvgIpc) is 2.46. The van der Waals surface area contributed by atoms with E-state index in [2.05, 4.69) is 39.6 Å². The number of hydrogen-bond donors (Lipinski definition) is 1. The lowest BCUT2D eigenvalue weighted by molar-refractivity contribution is 0.686. The largest absolute Gasteiger partial charge is 0.313 e. The molecule has 0 amide bonds. The molecule has 1 aliphatic carbocycles. The van der Waals surface area contributed by atoms with Crippen molar-refractivity contribution in [1.29, 1.82) is 0 Å². The van der Waals surface area contributed by atoms with Gasteiger partial charge in [0, 0.05) is 11.3 Å². The maximum Gasteiger partial charge on any atom is 0.143 e. The van der Waals surface area contributed by atoms with Crippen molar-refractivity contribution < 1.29 is 0 Å². The normalized spacial score (nSPS) is 14.1. The van der Waals surface area contributed by atoms with Gasteiger partial charge in [0.05, 0.1) is 12.2 Å². The number of aryl methyl sites for hydroxylation is 3. The fourth-order valence-electron chi connectivity index (χ4n) is 2.91. The van der Waals surface area contributed by atoms with Crippen molar-refractivity contribution in [2.45, 2.75) is 39.2 Å². The molecular weight excluding hydrogens is 246 g/mol. The minimum absolute atomic E-state index is 0.708. The predicted octanol–water partition coefficient (Wildman–Crippen LogP) is 3.05. The van der Waals surface area contributed by atoms with E-state index in [1.54, 1.807) is 0 Å². The Morgan fingerprint density at radius 3 is 2.65 bits per heavy atom. The van der Waals surface area contributed by atoms with Crippen LogP contribution in [0.3, 0.4) is 0 Å². The Bertz CT molecular complexity index is 620. The van der Waals surface area contributed by atoms with Gasteiger partial charge in [0.25, 0.3) is 0 Å². The molecule has 20 heavy (non-hydrogen) atoms. The second kappa shape index (κ2) is 5.71. The summed E-state index contributed by atoms with van der Waals surface area (Å²) in [5.41, 5.74) is 6.30. The van der Waals surface area contributed by atoms with E-state index in [1.165, 1.54) is 42.4 Å². The molecule has 1 N–H and O–H groups in total. The molecule has 0 unspecified atom stereocenters. The molecule has 1 aromatic carbocycles. The quantitative estimate of drug-likeness (QED) is 0.928. The van der Waals surface area contributed by atoms with Gasteiger partial charge in [-0.2, -0.15) is 0 Å². The van der Waals surface area contributed by atoms with Gasteiger partial charge in [0.2, 0.25) is 0 Å². The summed E-state index contributed by atoms with van der Waals surface area (Å²) in [6.07, 6.45) is 5.07. The third-order valence-corrected chi connectivity index (χ3v) is 3.88. The van der Waals surface area contributed by atoms with E-state index in [9.17, 15) is 0 Å². The Morgan fingerprint density at radius 1 is 1.05 bits per heavy atom. The van der Waals surface area contributed by atoms with Crippen LogP contribution < -0.4 is 5.32 Å². The maximum absolute atomic E-state index is 4.67. The molecule has 1 aliphatic rings. The number of hydrogen-bond acceptors (Lipinski definition) is 3. The van der Waals surface area contributed by atoms with Gasteiger partial charge in [-0.25, -0.2) is 9.97 Å². The number of nitrogens with zero attached hydrogens (tertiary/aromatic N) is 2. The van der Waals surface area contributed by atoms with Crippen LogP contribution in [0.5, 0.6) is 0 Å². The molecule has 1 aromatic heterocycles. The summed E-state index contributed by atoms with van der Waals surface area (Å²) in [6.45, 7) is 2.74. The highest BCUT2D eigenvalue weighted by Crippen LogP contribution is 2.26. The van der Waals surface area contributed by atoms with Gasteiger partial charge in [-0.1, -0.05) is 12.1 Å². The molecule has 0 fully saturated rings. The van der Waals surface area contributed by atoms with Crippen molar-refractivity contribution in [1.82, 2.24) is 15.3 Å². The highest BCUT2D eigenvalue weighted by molar-refractivity contribution is 5.61. The molecule has 3 rings (SSSR count). The van der Waals surface area contributed by atoms with Gasteiger partial charge < -0.3 is 5.32 Å². The van der Waals surface area contributed by atoms with Crippen LogP contribution in [0.2, 0.25) is 0 Å². The summed E-state index contributed by atoms with van der Waals surface area (Å²) < 4.78 is 0. The Balaban J connectivity index is 1.99. The lowest BCUT2D eigenvalue weighted by Crippen LogP contribution is -2.10. The van der Waals surface area contributed by atoms with E-state index < -0.39 is 0 Å². The summed E-state index contributed by atoms with van der Waals surface area (Å²) in [5.74, 6) is 0.861. The topological polar surface area (TPSA) is 37.8 Å². The van der Waals surface area contributed by atoms with Crippen LogP contribution in [0.15, 0.2) is 24.3 Å². The van der Waals surface area contributed by atoms with Gasteiger partial charge in [0.1, 0.15) is 5.82 Å². The van der Waals surface area contributed by atoms with E-state index in [0.717, 1.165) is 17.2 Å². The molecule has 0 spiro atoms. The third-order valence-electron chi connectivity index (χ3n) is 3.88. The highest BCUT2D eigenvalue weighted by atomic mass is 15.0. The minimum atomic E-state index is 0.708. The number of aromatic nitrogens is 2. The van der Waals surface area contributed by atoms with Crippen LogP contribution in [-0.2, 0) is 19.4 Å². The van der Waals surface area contributed by atoms with Gasteiger partial charge in [-0.15, -0.1) is 0 Å². The van der Waals surface area contributed by atoms with Gasteiger partial charge in [-0.05, 0) is 62.9 Å². The number of fused-ring (bicyclic) bond motifs is 1. The smallest absolute Gasteiger partial charge is 0.143 e. The van der Waals surface area contributed by atoms with Crippen LogP contribution in [0.1, 0.15) is 35.5 Å². The summed E-state index contributed by atoms with van der Waals surface area (Å²) >= 11 is 0. The monoisotopic (exact) mass is 267 g/mol. The molecule has 104 valence electrons. The summed E-state index contributed by atoms with van der Waals surface area (Å²) in [4.78, 5) is 9.13.